The SMILES string of the molecule is Cc1oncc1C(=O)Oc1ccnc2cc(Cl)ccc12. The first kappa shape index (κ1) is 12.6. The van der Waals surface area contributed by atoms with Crippen LogP contribution in [0.5, 0.6) is 5.75 Å². The zero-order valence-electron chi connectivity index (χ0n) is 10.5. The number of esters is 1. The van der Waals surface area contributed by atoms with Gasteiger partial charge in [0.2, 0.25) is 0 Å². The Morgan fingerprint density at radius 1 is 1.35 bits per heavy atom. The van der Waals surface area contributed by atoms with E-state index in [1.807, 2.05) is 0 Å². The van der Waals surface area contributed by atoms with E-state index in [1.54, 1.807) is 37.4 Å². The molecule has 0 unspecified atom stereocenters. The average molecular weight is 289 g/mol. The molecule has 0 radical (unpaired) electrons. The summed E-state index contributed by atoms with van der Waals surface area (Å²) in [7, 11) is 0. The molecule has 0 amide bonds. The first-order chi connectivity index (χ1) is 9.65. The molecule has 0 aliphatic rings. The molecule has 0 saturated heterocycles. The highest BCUT2D eigenvalue weighted by molar-refractivity contribution is 6.31. The largest absolute Gasteiger partial charge is 0.422 e. The van der Waals surface area contributed by atoms with Gasteiger partial charge in [0.1, 0.15) is 17.1 Å². The van der Waals surface area contributed by atoms with Gasteiger partial charge in [0, 0.05) is 16.6 Å². The topological polar surface area (TPSA) is 65.2 Å². The van der Waals surface area contributed by atoms with E-state index in [-0.39, 0.29) is 0 Å². The van der Waals surface area contributed by atoms with Crippen LogP contribution in [-0.2, 0) is 0 Å². The second-order valence-electron chi connectivity index (χ2n) is 4.16. The molecule has 2 aromatic heterocycles. The second-order valence-corrected chi connectivity index (χ2v) is 4.59. The number of nitrogens with zero attached hydrogens (tertiary/aromatic N) is 2. The van der Waals surface area contributed by atoms with Gasteiger partial charge in [0.05, 0.1) is 11.7 Å². The molecule has 5 nitrogen and oxygen atoms in total. The lowest BCUT2D eigenvalue weighted by atomic mass is 10.2. The fourth-order valence-corrected chi connectivity index (χ4v) is 2.00. The van der Waals surface area contributed by atoms with Crippen LogP contribution in [0.4, 0.5) is 0 Å². The van der Waals surface area contributed by atoms with E-state index in [9.17, 15) is 4.79 Å². The minimum absolute atomic E-state index is 0.295. The van der Waals surface area contributed by atoms with E-state index < -0.39 is 5.97 Å². The number of hydrogen-bond acceptors (Lipinski definition) is 5. The number of carbonyl (C=O) groups is 1. The monoisotopic (exact) mass is 288 g/mol. The van der Waals surface area contributed by atoms with Crippen molar-refractivity contribution in [2.75, 3.05) is 0 Å². The van der Waals surface area contributed by atoms with Gasteiger partial charge in [-0.15, -0.1) is 0 Å². The maximum atomic E-state index is 12.0. The van der Waals surface area contributed by atoms with Gasteiger partial charge in [0.25, 0.3) is 0 Å². The number of halogens is 1. The number of aromatic nitrogens is 2. The Morgan fingerprint density at radius 2 is 2.20 bits per heavy atom. The lowest BCUT2D eigenvalue weighted by Crippen LogP contribution is -2.09. The molecule has 100 valence electrons. The molecule has 0 aliphatic heterocycles. The Balaban J connectivity index is 1.99. The van der Waals surface area contributed by atoms with Crippen LogP contribution in [0.2, 0.25) is 5.02 Å². The van der Waals surface area contributed by atoms with Crippen molar-refractivity contribution in [3.8, 4) is 5.75 Å². The number of benzene rings is 1. The molecular weight excluding hydrogens is 280 g/mol. The minimum atomic E-state index is -0.522. The van der Waals surface area contributed by atoms with Crippen molar-refractivity contribution in [3.63, 3.8) is 0 Å². The van der Waals surface area contributed by atoms with Gasteiger partial charge < -0.3 is 9.26 Å². The van der Waals surface area contributed by atoms with Gasteiger partial charge >= 0.3 is 5.97 Å². The molecule has 0 saturated carbocycles. The third-order valence-corrected chi connectivity index (χ3v) is 3.07. The van der Waals surface area contributed by atoms with Crippen LogP contribution in [-0.4, -0.2) is 16.1 Å². The third kappa shape index (κ3) is 2.23. The lowest BCUT2D eigenvalue weighted by Gasteiger charge is -2.06. The summed E-state index contributed by atoms with van der Waals surface area (Å²) in [5, 5.41) is 4.83. The highest BCUT2D eigenvalue weighted by Gasteiger charge is 2.16. The zero-order valence-corrected chi connectivity index (χ0v) is 11.2. The Morgan fingerprint density at radius 3 is 2.95 bits per heavy atom. The summed E-state index contributed by atoms with van der Waals surface area (Å²) < 4.78 is 10.2. The maximum absolute atomic E-state index is 12.0. The minimum Gasteiger partial charge on any atom is -0.422 e. The van der Waals surface area contributed by atoms with Crippen molar-refractivity contribution in [2.45, 2.75) is 6.92 Å². The molecule has 3 aromatic rings. The summed E-state index contributed by atoms with van der Waals surface area (Å²) in [5.74, 6) is 0.305. The first-order valence-corrected chi connectivity index (χ1v) is 6.20. The van der Waals surface area contributed by atoms with E-state index in [0.29, 0.717) is 33.0 Å². The highest BCUT2D eigenvalue weighted by atomic mass is 35.5. The van der Waals surface area contributed by atoms with E-state index in [2.05, 4.69) is 10.1 Å². The van der Waals surface area contributed by atoms with Gasteiger partial charge in [0.15, 0.2) is 0 Å². The van der Waals surface area contributed by atoms with Crippen LogP contribution in [0.25, 0.3) is 10.9 Å². The number of carbonyl (C=O) groups excluding carboxylic acids is 1. The van der Waals surface area contributed by atoms with Crippen molar-refractivity contribution in [1.29, 1.82) is 0 Å². The number of pyridine rings is 1. The van der Waals surface area contributed by atoms with Crippen molar-refractivity contribution in [1.82, 2.24) is 10.1 Å². The van der Waals surface area contributed by atoms with Gasteiger partial charge in [-0.1, -0.05) is 16.8 Å². The molecule has 0 atom stereocenters. The fraction of sp³-hybridized carbons (Fsp3) is 0.0714. The third-order valence-electron chi connectivity index (χ3n) is 2.84. The molecule has 6 heteroatoms. The van der Waals surface area contributed by atoms with Crippen molar-refractivity contribution in [2.24, 2.45) is 0 Å². The fourth-order valence-electron chi connectivity index (χ4n) is 1.83. The number of aryl methyl sites for hydroxylation is 1. The number of ether oxygens (including phenoxy) is 1. The van der Waals surface area contributed by atoms with Crippen molar-refractivity contribution < 1.29 is 14.1 Å². The summed E-state index contributed by atoms with van der Waals surface area (Å²) in [6.07, 6.45) is 2.89. The number of hydrogen-bond donors (Lipinski definition) is 0. The van der Waals surface area contributed by atoms with Gasteiger partial charge in [-0.3, -0.25) is 4.98 Å². The Labute approximate surface area is 119 Å². The van der Waals surface area contributed by atoms with E-state index >= 15 is 0 Å². The van der Waals surface area contributed by atoms with E-state index in [4.69, 9.17) is 20.9 Å². The van der Waals surface area contributed by atoms with Crippen LogP contribution in [0.15, 0.2) is 41.2 Å². The Hall–Kier alpha value is -2.40. The number of fused-ring (bicyclic) bond motifs is 1. The summed E-state index contributed by atoms with van der Waals surface area (Å²) >= 11 is 5.91. The summed E-state index contributed by atoms with van der Waals surface area (Å²) in [4.78, 5) is 16.2. The second kappa shape index (κ2) is 4.94. The Bertz CT molecular complexity index is 798. The van der Waals surface area contributed by atoms with Crippen molar-refractivity contribution >= 4 is 28.5 Å². The van der Waals surface area contributed by atoms with E-state index in [0.717, 1.165) is 0 Å². The molecular formula is C14H9ClN2O3. The number of rotatable bonds is 2. The van der Waals surface area contributed by atoms with Crippen LogP contribution in [0, 0.1) is 6.92 Å². The summed E-state index contributed by atoms with van der Waals surface area (Å²) in [6.45, 7) is 1.65. The molecule has 0 aliphatic carbocycles. The predicted octanol–water partition coefficient (Wildman–Crippen LogP) is 3.40. The van der Waals surface area contributed by atoms with Crippen LogP contribution in [0.3, 0.4) is 0 Å². The van der Waals surface area contributed by atoms with Crippen molar-refractivity contribution in [3.05, 3.63) is 53.0 Å². The first-order valence-electron chi connectivity index (χ1n) is 5.83. The smallest absolute Gasteiger partial charge is 0.348 e. The predicted molar refractivity (Wildman–Crippen MR) is 73.0 cm³/mol. The molecule has 20 heavy (non-hydrogen) atoms. The molecule has 0 N–H and O–H groups in total. The molecule has 1 aromatic carbocycles. The van der Waals surface area contributed by atoms with Gasteiger partial charge in [-0.2, -0.15) is 0 Å². The van der Waals surface area contributed by atoms with Crippen LogP contribution >= 0.6 is 11.6 Å². The lowest BCUT2D eigenvalue weighted by molar-refractivity contribution is 0.0735. The maximum Gasteiger partial charge on any atom is 0.348 e. The molecule has 0 fully saturated rings. The molecule has 0 bridgehead atoms. The molecule has 3 rings (SSSR count). The standard InChI is InChI=1S/C14H9ClN2O3/c1-8-11(7-17-20-8)14(18)19-13-4-5-16-12-6-9(15)2-3-10(12)13/h2-7H,1H3. The quantitative estimate of drug-likeness (QED) is 0.676. The Kier molecular flexibility index (Phi) is 3.12. The van der Waals surface area contributed by atoms with Crippen LogP contribution < -0.4 is 4.74 Å². The van der Waals surface area contributed by atoms with E-state index in [1.165, 1.54) is 6.20 Å². The van der Waals surface area contributed by atoms with Gasteiger partial charge in [-0.25, -0.2) is 4.79 Å². The van der Waals surface area contributed by atoms with Crippen LogP contribution in [0.1, 0.15) is 16.1 Å². The highest BCUT2D eigenvalue weighted by Crippen LogP contribution is 2.27. The zero-order chi connectivity index (χ0) is 14.1. The average Bonchev–Trinajstić information content (AvgIpc) is 2.85. The molecule has 0 spiro atoms. The summed E-state index contributed by atoms with van der Waals surface area (Å²) in [5.41, 5.74) is 0.953. The van der Waals surface area contributed by atoms with Gasteiger partial charge in [-0.05, 0) is 31.2 Å². The molecule has 2 heterocycles. The normalized spacial score (nSPS) is 10.7. The summed E-state index contributed by atoms with van der Waals surface area (Å²) in [6, 6.07) is 6.80.